The third-order valence-corrected chi connectivity index (χ3v) is 6.76. The van der Waals surface area contributed by atoms with Gasteiger partial charge in [0.25, 0.3) is 5.56 Å². The maximum absolute atomic E-state index is 13.3. The predicted octanol–water partition coefficient (Wildman–Crippen LogP) is 4.94. The molecule has 166 valence electrons. The molecule has 0 bridgehead atoms. The van der Waals surface area contributed by atoms with Crippen molar-refractivity contribution >= 4 is 27.3 Å². The van der Waals surface area contributed by atoms with Crippen LogP contribution in [-0.4, -0.2) is 33.6 Å². The number of ketones is 1. The van der Waals surface area contributed by atoms with E-state index in [1.54, 1.807) is 7.11 Å². The lowest BCUT2D eigenvalue weighted by atomic mass is 10.1. The molecule has 4 aromatic rings. The van der Waals surface area contributed by atoms with Crippen LogP contribution in [-0.2, 0) is 11.3 Å². The molecule has 6 nitrogen and oxygen atoms in total. The van der Waals surface area contributed by atoms with E-state index in [1.165, 1.54) is 22.2 Å². The highest BCUT2D eigenvalue weighted by atomic mass is 32.1. The summed E-state index contributed by atoms with van der Waals surface area (Å²) in [5.41, 5.74) is 5.30. The Labute approximate surface area is 191 Å². The number of benzene rings is 1. The van der Waals surface area contributed by atoms with Gasteiger partial charge in [0.05, 0.1) is 30.9 Å². The molecule has 0 radical (unpaired) electrons. The molecule has 0 aliphatic rings. The molecule has 0 amide bonds. The Morgan fingerprint density at radius 1 is 1.19 bits per heavy atom. The predicted molar refractivity (Wildman–Crippen MR) is 129 cm³/mol. The standard InChI is InChI=1S/C25H27N3O3S/c1-15-6-8-19(9-7-15)21-13-32-24-23(21)25(30)27(14-26-24)11-22(29)20-10-16(2)28(18(20)4)17(3)12-31-5/h6-10,13-14,17H,11-12H2,1-5H3. The number of hydrogen-bond acceptors (Lipinski definition) is 5. The molecule has 1 aromatic carbocycles. The van der Waals surface area contributed by atoms with E-state index in [-0.39, 0.29) is 23.9 Å². The largest absolute Gasteiger partial charge is 0.383 e. The smallest absolute Gasteiger partial charge is 0.263 e. The van der Waals surface area contributed by atoms with E-state index in [9.17, 15) is 9.59 Å². The summed E-state index contributed by atoms with van der Waals surface area (Å²) in [6.07, 6.45) is 1.48. The van der Waals surface area contributed by atoms with Crippen molar-refractivity contribution in [1.82, 2.24) is 14.1 Å². The highest BCUT2D eigenvalue weighted by molar-refractivity contribution is 7.17. The minimum absolute atomic E-state index is 0.0477. The van der Waals surface area contributed by atoms with Gasteiger partial charge in [0.2, 0.25) is 0 Å². The molecule has 0 aliphatic carbocycles. The van der Waals surface area contributed by atoms with E-state index in [4.69, 9.17) is 4.74 Å². The van der Waals surface area contributed by atoms with Crippen molar-refractivity contribution in [1.29, 1.82) is 0 Å². The monoisotopic (exact) mass is 449 g/mol. The van der Waals surface area contributed by atoms with Crippen LogP contribution < -0.4 is 5.56 Å². The summed E-state index contributed by atoms with van der Waals surface area (Å²) in [6.45, 7) is 8.52. The molecule has 0 N–H and O–H groups in total. The summed E-state index contributed by atoms with van der Waals surface area (Å²) in [7, 11) is 1.67. The molecule has 0 fully saturated rings. The van der Waals surface area contributed by atoms with Gasteiger partial charge in [-0.1, -0.05) is 29.8 Å². The molecular weight excluding hydrogens is 422 g/mol. The number of hydrogen-bond donors (Lipinski definition) is 0. The fourth-order valence-electron chi connectivity index (χ4n) is 4.32. The maximum Gasteiger partial charge on any atom is 0.263 e. The Balaban J connectivity index is 1.70. The summed E-state index contributed by atoms with van der Waals surface area (Å²) >= 11 is 1.44. The van der Waals surface area contributed by atoms with E-state index in [0.29, 0.717) is 22.4 Å². The van der Waals surface area contributed by atoms with E-state index in [1.807, 2.05) is 56.5 Å². The minimum Gasteiger partial charge on any atom is -0.383 e. The highest BCUT2D eigenvalue weighted by Crippen LogP contribution is 2.30. The maximum atomic E-state index is 13.3. The van der Waals surface area contributed by atoms with Gasteiger partial charge < -0.3 is 9.30 Å². The topological polar surface area (TPSA) is 66.1 Å². The zero-order valence-corrected chi connectivity index (χ0v) is 19.8. The molecule has 3 heterocycles. The van der Waals surface area contributed by atoms with E-state index in [2.05, 4.69) is 16.5 Å². The number of aromatic nitrogens is 3. The van der Waals surface area contributed by atoms with Crippen molar-refractivity contribution in [2.75, 3.05) is 13.7 Å². The SMILES string of the molecule is COCC(C)n1c(C)cc(C(=O)Cn2cnc3scc(-c4ccc(C)cc4)c3c2=O)c1C. The lowest BCUT2D eigenvalue weighted by Crippen LogP contribution is -2.25. The summed E-state index contributed by atoms with van der Waals surface area (Å²) in [6, 6.07) is 10.1. The average Bonchev–Trinajstić information content (AvgIpc) is 3.32. The Hall–Kier alpha value is -3.03. The van der Waals surface area contributed by atoms with E-state index < -0.39 is 0 Å². The van der Waals surface area contributed by atoms with Crippen LogP contribution in [0.25, 0.3) is 21.3 Å². The number of fused-ring (bicyclic) bond motifs is 1. The second-order valence-electron chi connectivity index (χ2n) is 8.26. The van der Waals surface area contributed by atoms with E-state index in [0.717, 1.165) is 28.1 Å². The molecule has 1 atom stereocenters. The van der Waals surface area contributed by atoms with Crippen LogP contribution in [0.5, 0.6) is 0 Å². The molecular formula is C25H27N3O3S. The van der Waals surface area contributed by atoms with Gasteiger partial charge in [-0.3, -0.25) is 14.2 Å². The number of carbonyl (C=O) groups is 1. The van der Waals surface area contributed by atoms with Gasteiger partial charge in [0.1, 0.15) is 4.83 Å². The first-order valence-corrected chi connectivity index (χ1v) is 11.4. The summed E-state index contributed by atoms with van der Waals surface area (Å²) in [4.78, 5) is 31.6. The Kier molecular flexibility index (Phi) is 6.13. The van der Waals surface area contributed by atoms with Crippen molar-refractivity contribution in [3.05, 3.63) is 74.9 Å². The van der Waals surface area contributed by atoms with Gasteiger partial charge in [-0.2, -0.15) is 0 Å². The fourth-order valence-corrected chi connectivity index (χ4v) is 5.23. The van der Waals surface area contributed by atoms with Crippen LogP contribution >= 0.6 is 11.3 Å². The number of nitrogens with zero attached hydrogens (tertiary/aromatic N) is 3. The van der Waals surface area contributed by atoms with Crippen molar-refractivity contribution in [3.63, 3.8) is 0 Å². The first-order chi connectivity index (χ1) is 15.3. The molecule has 7 heteroatoms. The molecule has 32 heavy (non-hydrogen) atoms. The Bertz CT molecular complexity index is 1350. The zero-order chi connectivity index (χ0) is 23.0. The van der Waals surface area contributed by atoms with Gasteiger partial charge in [0, 0.05) is 35.0 Å². The Morgan fingerprint density at radius 2 is 1.91 bits per heavy atom. The molecule has 0 saturated heterocycles. The number of thiophene rings is 1. The Morgan fingerprint density at radius 3 is 2.59 bits per heavy atom. The minimum atomic E-state index is -0.193. The van der Waals surface area contributed by atoms with Gasteiger partial charge in [-0.25, -0.2) is 4.98 Å². The van der Waals surface area contributed by atoms with Crippen LogP contribution in [0.2, 0.25) is 0 Å². The lowest BCUT2D eigenvalue weighted by molar-refractivity contribution is 0.0969. The van der Waals surface area contributed by atoms with Crippen LogP contribution in [0.1, 0.15) is 40.3 Å². The van der Waals surface area contributed by atoms with Crippen molar-refractivity contribution in [2.24, 2.45) is 0 Å². The van der Waals surface area contributed by atoms with Gasteiger partial charge >= 0.3 is 0 Å². The number of carbonyl (C=O) groups excluding carboxylic acids is 1. The summed E-state index contributed by atoms with van der Waals surface area (Å²) in [5, 5.41) is 2.52. The molecule has 0 aliphatic heterocycles. The zero-order valence-electron chi connectivity index (χ0n) is 19.0. The number of rotatable bonds is 7. The number of aryl methyl sites for hydroxylation is 2. The quantitative estimate of drug-likeness (QED) is 0.375. The molecule has 1 unspecified atom stereocenters. The van der Waals surface area contributed by atoms with Crippen molar-refractivity contribution < 1.29 is 9.53 Å². The van der Waals surface area contributed by atoms with Crippen molar-refractivity contribution in [2.45, 2.75) is 40.3 Å². The van der Waals surface area contributed by atoms with Crippen LogP contribution in [0, 0.1) is 20.8 Å². The second-order valence-corrected chi connectivity index (χ2v) is 9.11. The molecule has 3 aromatic heterocycles. The molecule has 0 saturated carbocycles. The third kappa shape index (κ3) is 3.94. The first-order valence-electron chi connectivity index (χ1n) is 10.6. The number of methoxy groups -OCH3 is 1. The molecule has 0 spiro atoms. The van der Waals surface area contributed by atoms with Crippen LogP contribution in [0.3, 0.4) is 0 Å². The lowest BCUT2D eigenvalue weighted by Gasteiger charge is -2.17. The third-order valence-electron chi connectivity index (χ3n) is 5.87. The van der Waals surface area contributed by atoms with Gasteiger partial charge in [-0.15, -0.1) is 11.3 Å². The summed E-state index contributed by atoms with van der Waals surface area (Å²) in [5.74, 6) is -0.107. The van der Waals surface area contributed by atoms with E-state index >= 15 is 0 Å². The first kappa shape index (κ1) is 22.2. The second kappa shape index (κ2) is 8.84. The van der Waals surface area contributed by atoms with Crippen LogP contribution in [0.15, 0.2) is 46.8 Å². The van der Waals surface area contributed by atoms with Gasteiger partial charge in [-0.05, 0) is 39.3 Å². The fraction of sp³-hybridized carbons (Fsp3) is 0.320. The number of Topliss-reactive ketones (excluding diaryl/α,β-unsaturated/α-hetero) is 1. The number of ether oxygens (including phenoxy) is 1. The molecule has 4 rings (SSSR count). The van der Waals surface area contributed by atoms with Crippen molar-refractivity contribution in [3.8, 4) is 11.1 Å². The van der Waals surface area contributed by atoms with Crippen LogP contribution in [0.4, 0.5) is 0 Å². The van der Waals surface area contributed by atoms with Gasteiger partial charge in [0.15, 0.2) is 5.78 Å². The highest BCUT2D eigenvalue weighted by Gasteiger charge is 2.20. The average molecular weight is 450 g/mol. The normalized spacial score (nSPS) is 12.4. The summed E-state index contributed by atoms with van der Waals surface area (Å²) < 4.78 is 8.80.